The Kier molecular flexibility index (Phi) is 4.56. The molecule has 1 aliphatic heterocycles. The van der Waals surface area contributed by atoms with E-state index >= 15 is 0 Å². The molecule has 0 bridgehead atoms. The maximum atomic E-state index is 3.14. The van der Waals surface area contributed by atoms with Gasteiger partial charge in [-0.1, -0.05) is 36.4 Å². The number of rotatable bonds is 4. The summed E-state index contributed by atoms with van der Waals surface area (Å²) in [6, 6.07) is 20.5. The molecule has 1 aliphatic rings. The van der Waals surface area contributed by atoms with Gasteiger partial charge in [-0.2, -0.15) is 0 Å². The molecular weight excluding hydrogens is 256 g/mol. The summed E-state index contributed by atoms with van der Waals surface area (Å²) in [5.74, 6) is 0. The second kappa shape index (κ2) is 6.77. The molecule has 0 aromatic heterocycles. The zero-order chi connectivity index (χ0) is 14.5. The van der Waals surface area contributed by atoms with Gasteiger partial charge in [-0.05, 0) is 49.2 Å². The summed E-state index contributed by atoms with van der Waals surface area (Å²) in [5, 5.41) is 0. The van der Waals surface area contributed by atoms with E-state index in [1.165, 1.54) is 16.8 Å². The lowest BCUT2D eigenvalue weighted by atomic mass is 10.0. The monoisotopic (exact) mass is 279 g/mol. The molecule has 2 aromatic rings. The molecule has 1 radical (unpaired) electrons. The van der Waals surface area contributed by atoms with Crippen LogP contribution in [0, 0.1) is 6.07 Å². The number of anilines is 1. The maximum Gasteiger partial charge on any atom is 0.0367 e. The second-order valence-electron chi connectivity index (χ2n) is 5.87. The molecule has 2 heteroatoms. The third kappa shape index (κ3) is 3.85. The summed E-state index contributed by atoms with van der Waals surface area (Å²) in [5.41, 5.74) is 4.14. The van der Waals surface area contributed by atoms with Gasteiger partial charge in [-0.15, -0.1) is 0 Å². The normalized spacial score (nSPS) is 16.1. The molecule has 0 N–H and O–H groups in total. The van der Waals surface area contributed by atoms with Gasteiger partial charge in [-0.3, -0.25) is 0 Å². The molecule has 0 aliphatic carbocycles. The van der Waals surface area contributed by atoms with Crippen LogP contribution in [0.15, 0.2) is 48.5 Å². The average molecular weight is 279 g/mol. The summed E-state index contributed by atoms with van der Waals surface area (Å²) in [7, 11) is 2.20. The molecular formula is C19H23N2. The zero-order valence-corrected chi connectivity index (χ0v) is 12.8. The quantitative estimate of drug-likeness (QED) is 0.849. The molecule has 0 unspecified atom stereocenters. The van der Waals surface area contributed by atoms with E-state index in [0.717, 1.165) is 39.0 Å². The first-order chi connectivity index (χ1) is 10.3. The van der Waals surface area contributed by atoms with Crippen LogP contribution in [0.25, 0.3) is 0 Å². The Morgan fingerprint density at radius 1 is 0.905 bits per heavy atom. The lowest BCUT2D eigenvalue weighted by molar-refractivity contribution is 0.313. The van der Waals surface area contributed by atoms with Crippen LogP contribution >= 0.6 is 0 Å². The van der Waals surface area contributed by atoms with E-state index in [-0.39, 0.29) is 0 Å². The molecule has 0 spiro atoms. The predicted octanol–water partition coefficient (Wildman–Crippen LogP) is 3.02. The Hall–Kier alpha value is -1.80. The fourth-order valence-electron chi connectivity index (χ4n) is 2.81. The van der Waals surface area contributed by atoms with Crippen molar-refractivity contribution in [3.63, 3.8) is 0 Å². The first kappa shape index (κ1) is 14.2. The lowest BCUT2D eigenvalue weighted by Gasteiger charge is -2.34. The van der Waals surface area contributed by atoms with Crippen LogP contribution in [0.2, 0.25) is 0 Å². The molecule has 2 nitrogen and oxygen atoms in total. The first-order valence-electron chi connectivity index (χ1n) is 7.79. The topological polar surface area (TPSA) is 6.48 Å². The number of nitrogens with zero attached hydrogens (tertiary/aromatic N) is 2. The van der Waals surface area contributed by atoms with Gasteiger partial charge in [0.05, 0.1) is 0 Å². The average Bonchev–Trinajstić information content (AvgIpc) is 2.55. The van der Waals surface area contributed by atoms with E-state index in [4.69, 9.17) is 0 Å². The minimum absolute atomic E-state index is 1.09. The molecule has 0 atom stereocenters. The lowest BCUT2D eigenvalue weighted by Crippen LogP contribution is -2.44. The van der Waals surface area contributed by atoms with Gasteiger partial charge in [0.1, 0.15) is 0 Å². The van der Waals surface area contributed by atoms with Gasteiger partial charge in [0.25, 0.3) is 0 Å². The highest BCUT2D eigenvalue weighted by Gasteiger charge is 2.13. The molecule has 2 aromatic carbocycles. The highest BCUT2D eigenvalue weighted by atomic mass is 15.2. The highest BCUT2D eigenvalue weighted by Crippen LogP contribution is 2.18. The van der Waals surface area contributed by atoms with Crippen LogP contribution in [-0.2, 0) is 12.8 Å². The van der Waals surface area contributed by atoms with Crippen LogP contribution in [0.1, 0.15) is 11.1 Å². The summed E-state index contributed by atoms with van der Waals surface area (Å²) >= 11 is 0. The zero-order valence-electron chi connectivity index (χ0n) is 12.8. The van der Waals surface area contributed by atoms with Gasteiger partial charge in [-0.25, -0.2) is 0 Å². The smallest absolute Gasteiger partial charge is 0.0367 e. The molecule has 1 saturated heterocycles. The summed E-state index contributed by atoms with van der Waals surface area (Å²) in [6.45, 7) is 4.59. The third-order valence-electron chi connectivity index (χ3n) is 4.28. The van der Waals surface area contributed by atoms with E-state index in [1.54, 1.807) is 0 Å². The molecule has 0 amide bonds. The number of piperazine rings is 1. The van der Waals surface area contributed by atoms with Gasteiger partial charge < -0.3 is 9.80 Å². The predicted molar refractivity (Wildman–Crippen MR) is 88.8 cm³/mol. The Morgan fingerprint density at radius 3 is 2.29 bits per heavy atom. The fourth-order valence-corrected chi connectivity index (χ4v) is 2.81. The highest BCUT2D eigenvalue weighted by molar-refractivity contribution is 5.48. The Bertz CT molecular complexity index is 540. The van der Waals surface area contributed by atoms with Crippen LogP contribution in [0.4, 0.5) is 5.69 Å². The number of hydrogen-bond donors (Lipinski definition) is 0. The molecule has 0 saturated carbocycles. The summed E-state index contributed by atoms with van der Waals surface area (Å²) in [4.78, 5) is 4.87. The van der Waals surface area contributed by atoms with Crippen molar-refractivity contribution in [1.29, 1.82) is 0 Å². The Labute approximate surface area is 128 Å². The largest absolute Gasteiger partial charge is 0.369 e. The van der Waals surface area contributed by atoms with Crippen molar-refractivity contribution in [3.8, 4) is 0 Å². The third-order valence-corrected chi connectivity index (χ3v) is 4.28. The minimum atomic E-state index is 1.09. The summed E-state index contributed by atoms with van der Waals surface area (Å²) in [6.07, 6.45) is 2.19. The van der Waals surface area contributed by atoms with E-state index in [9.17, 15) is 0 Å². The van der Waals surface area contributed by atoms with Crippen molar-refractivity contribution in [2.45, 2.75) is 12.8 Å². The van der Waals surface area contributed by atoms with Gasteiger partial charge in [0.15, 0.2) is 0 Å². The van der Waals surface area contributed by atoms with Crippen LogP contribution in [0.3, 0.4) is 0 Å². The SMILES string of the molecule is CN1CCN(c2ccc(CCc3c[c]ccc3)cc2)CC1. The fraction of sp³-hybridized carbons (Fsp3) is 0.368. The second-order valence-corrected chi connectivity index (χ2v) is 5.87. The van der Waals surface area contributed by atoms with Crippen molar-refractivity contribution in [3.05, 3.63) is 65.7 Å². The van der Waals surface area contributed by atoms with E-state index in [1.807, 2.05) is 6.07 Å². The van der Waals surface area contributed by atoms with Gasteiger partial charge in [0.2, 0.25) is 0 Å². The number of hydrogen-bond acceptors (Lipinski definition) is 2. The minimum Gasteiger partial charge on any atom is -0.369 e. The van der Waals surface area contributed by atoms with E-state index < -0.39 is 0 Å². The van der Waals surface area contributed by atoms with Crippen LogP contribution < -0.4 is 4.90 Å². The molecule has 21 heavy (non-hydrogen) atoms. The first-order valence-corrected chi connectivity index (χ1v) is 7.79. The standard InChI is InChI=1S/C19H23N2/c1-20-13-15-21(16-14-20)19-11-9-18(10-12-19)8-7-17-5-3-2-4-6-17/h2-3,5-6,9-12H,7-8,13-16H2,1H3. The van der Waals surface area contributed by atoms with E-state index in [0.29, 0.717) is 0 Å². The summed E-state index contributed by atoms with van der Waals surface area (Å²) < 4.78 is 0. The number of aryl methyl sites for hydroxylation is 2. The Balaban J connectivity index is 1.57. The van der Waals surface area contributed by atoms with Crippen molar-refractivity contribution in [1.82, 2.24) is 4.90 Å². The molecule has 3 rings (SSSR count). The van der Waals surface area contributed by atoms with Gasteiger partial charge in [0, 0.05) is 31.9 Å². The van der Waals surface area contributed by atoms with Crippen molar-refractivity contribution in [2.24, 2.45) is 0 Å². The Morgan fingerprint density at radius 2 is 1.62 bits per heavy atom. The number of benzene rings is 2. The molecule has 1 fully saturated rings. The van der Waals surface area contributed by atoms with Crippen molar-refractivity contribution >= 4 is 5.69 Å². The van der Waals surface area contributed by atoms with Crippen molar-refractivity contribution in [2.75, 3.05) is 38.1 Å². The maximum absolute atomic E-state index is 3.14. The van der Waals surface area contributed by atoms with Gasteiger partial charge >= 0.3 is 0 Å². The van der Waals surface area contributed by atoms with Crippen LogP contribution in [-0.4, -0.2) is 38.1 Å². The van der Waals surface area contributed by atoms with E-state index in [2.05, 4.69) is 65.4 Å². The van der Waals surface area contributed by atoms with Crippen molar-refractivity contribution < 1.29 is 0 Å². The molecule has 109 valence electrons. The van der Waals surface area contributed by atoms with Crippen LogP contribution in [0.5, 0.6) is 0 Å². The molecule has 1 heterocycles. The number of likely N-dealkylation sites (N-methyl/N-ethyl adjacent to an activating group) is 1.